The molecule has 0 aliphatic rings. The molecular formula is C14H11N3O2. The average Bonchev–Trinajstić information content (AvgIpc) is 2.46. The molecule has 1 N–H and O–H groups in total. The molecule has 0 atom stereocenters. The summed E-state index contributed by atoms with van der Waals surface area (Å²) in [7, 11) is 1.74. The van der Waals surface area contributed by atoms with E-state index in [9.17, 15) is 4.79 Å². The fourth-order valence-corrected chi connectivity index (χ4v) is 1.76. The molecule has 0 aliphatic carbocycles. The van der Waals surface area contributed by atoms with E-state index >= 15 is 0 Å². The second-order valence-corrected chi connectivity index (χ2v) is 3.92. The minimum absolute atomic E-state index is 0.167. The van der Waals surface area contributed by atoms with E-state index < -0.39 is 5.97 Å². The van der Waals surface area contributed by atoms with Gasteiger partial charge in [-0.1, -0.05) is 6.07 Å². The molecule has 5 heteroatoms. The summed E-state index contributed by atoms with van der Waals surface area (Å²) in [6.45, 7) is 0. The summed E-state index contributed by atoms with van der Waals surface area (Å²) in [6.07, 6.45) is 2.93. The molecule has 19 heavy (non-hydrogen) atoms. The van der Waals surface area contributed by atoms with Crippen LogP contribution in [-0.4, -0.2) is 23.1 Å². The molecular weight excluding hydrogens is 242 g/mol. The van der Waals surface area contributed by atoms with Gasteiger partial charge in [-0.3, -0.25) is 4.98 Å². The normalized spacial score (nSPS) is 9.68. The summed E-state index contributed by atoms with van der Waals surface area (Å²) in [4.78, 5) is 16.8. The smallest absolute Gasteiger partial charge is 0.337 e. The Kier molecular flexibility index (Phi) is 3.44. The van der Waals surface area contributed by atoms with Gasteiger partial charge in [-0.05, 0) is 24.3 Å². The van der Waals surface area contributed by atoms with Gasteiger partial charge in [0.1, 0.15) is 0 Å². The minimum atomic E-state index is -1.01. The molecule has 94 valence electrons. The van der Waals surface area contributed by atoms with Crippen LogP contribution >= 0.6 is 0 Å². The second-order valence-electron chi connectivity index (χ2n) is 3.92. The first kappa shape index (κ1) is 12.6. The first-order valence-corrected chi connectivity index (χ1v) is 5.54. The Bertz CT molecular complexity index is 662. The van der Waals surface area contributed by atoms with Crippen molar-refractivity contribution in [2.45, 2.75) is 0 Å². The fourth-order valence-electron chi connectivity index (χ4n) is 1.76. The van der Waals surface area contributed by atoms with Crippen molar-refractivity contribution < 1.29 is 9.90 Å². The van der Waals surface area contributed by atoms with E-state index in [4.69, 9.17) is 10.4 Å². The number of benzene rings is 1. The molecule has 1 aromatic heterocycles. The lowest BCUT2D eigenvalue weighted by molar-refractivity contribution is 0.0697. The number of anilines is 2. The predicted molar refractivity (Wildman–Crippen MR) is 70.4 cm³/mol. The van der Waals surface area contributed by atoms with E-state index in [-0.39, 0.29) is 5.56 Å². The lowest BCUT2D eigenvalue weighted by Gasteiger charge is -2.20. The Balaban J connectivity index is 2.47. The summed E-state index contributed by atoms with van der Waals surface area (Å²) in [5.41, 5.74) is 1.89. The van der Waals surface area contributed by atoms with Crippen LogP contribution in [0.25, 0.3) is 0 Å². The molecule has 5 nitrogen and oxygen atoms in total. The van der Waals surface area contributed by atoms with Crippen molar-refractivity contribution in [3.63, 3.8) is 0 Å². The Hall–Kier alpha value is -2.87. The summed E-state index contributed by atoms with van der Waals surface area (Å²) >= 11 is 0. The van der Waals surface area contributed by atoms with Gasteiger partial charge in [0.2, 0.25) is 0 Å². The number of carboxylic acids is 1. The molecule has 0 fully saturated rings. The number of hydrogen-bond acceptors (Lipinski definition) is 4. The highest BCUT2D eigenvalue weighted by molar-refractivity contribution is 5.95. The van der Waals surface area contributed by atoms with Gasteiger partial charge < -0.3 is 10.0 Å². The first-order chi connectivity index (χ1) is 9.13. The van der Waals surface area contributed by atoms with Crippen LogP contribution in [0.4, 0.5) is 11.4 Å². The highest BCUT2D eigenvalue weighted by Crippen LogP contribution is 2.26. The molecule has 1 aromatic carbocycles. The van der Waals surface area contributed by atoms with Crippen molar-refractivity contribution in [3.8, 4) is 6.07 Å². The third-order valence-electron chi connectivity index (χ3n) is 2.75. The number of hydrogen-bond donors (Lipinski definition) is 1. The van der Waals surface area contributed by atoms with Crippen LogP contribution < -0.4 is 4.90 Å². The van der Waals surface area contributed by atoms with Gasteiger partial charge in [-0.2, -0.15) is 5.26 Å². The van der Waals surface area contributed by atoms with Crippen molar-refractivity contribution in [1.82, 2.24) is 4.98 Å². The number of nitriles is 1. The SMILES string of the molecule is CN(c1cccc(C#N)c1)c1cnccc1C(=O)O. The quantitative estimate of drug-likeness (QED) is 0.908. The zero-order valence-electron chi connectivity index (χ0n) is 10.2. The van der Waals surface area contributed by atoms with Crippen LogP contribution in [-0.2, 0) is 0 Å². The Morgan fingerprint density at radius 3 is 2.89 bits per heavy atom. The third-order valence-corrected chi connectivity index (χ3v) is 2.75. The van der Waals surface area contributed by atoms with E-state index in [0.29, 0.717) is 11.3 Å². The maximum Gasteiger partial charge on any atom is 0.337 e. The van der Waals surface area contributed by atoms with Gasteiger partial charge in [-0.15, -0.1) is 0 Å². The number of aromatic carboxylic acids is 1. The molecule has 0 amide bonds. The van der Waals surface area contributed by atoms with Crippen molar-refractivity contribution in [1.29, 1.82) is 5.26 Å². The van der Waals surface area contributed by atoms with Crippen molar-refractivity contribution in [3.05, 3.63) is 53.9 Å². The fraction of sp³-hybridized carbons (Fsp3) is 0.0714. The second kappa shape index (κ2) is 5.19. The van der Waals surface area contributed by atoms with Crippen LogP contribution in [0.1, 0.15) is 15.9 Å². The molecule has 0 aliphatic heterocycles. The van der Waals surface area contributed by atoms with E-state index in [1.165, 1.54) is 18.5 Å². The molecule has 0 spiro atoms. The molecule has 2 aromatic rings. The van der Waals surface area contributed by atoms with Gasteiger partial charge in [0, 0.05) is 18.9 Å². The number of aromatic nitrogens is 1. The minimum Gasteiger partial charge on any atom is -0.478 e. The van der Waals surface area contributed by atoms with Crippen LogP contribution in [0.15, 0.2) is 42.7 Å². The van der Waals surface area contributed by atoms with Gasteiger partial charge >= 0.3 is 5.97 Å². The monoisotopic (exact) mass is 253 g/mol. The summed E-state index contributed by atoms with van der Waals surface area (Å²) in [5.74, 6) is -1.01. The summed E-state index contributed by atoms with van der Waals surface area (Å²) in [6, 6.07) is 10.4. The number of rotatable bonds is 3. The Morgan fingerprint density at radius 1 is 1.42 bits per heavy atom. The maximum absolute atomic E-state index is 11.2. The van der Waals surface area contributed by atoms with Crippen LogP contribution in [0, 0.1) is 11.3 Å². The average molecular weight is 253 g/mol. The van der Waals surface area contributed by atoms with Crippen molar-refractivity contribution >= 4 is 17.3 Å². The Morgan fingerprint density at radius 2 is 2.21 bits per heavy atom. The number of nitrogens with zero attached hydrogens (tertiary/aromatic N) is 3. The molecule has 0 saturated heterocycles. The highest BCUT2D eigenvalue weighted by Gasteiger charge is 2.14. The van der Waals surface area contributed by atoms with Gasteiger partial charge in [0.05, 0.1) is 29.1 Å². The zero-order valence-corrected chi connectivity index (χ0v) is 10.2. The zero-order chi connectivity index (χ0) is 13.8. The highest BCUT2D eigenvalue weighted by atomic mass is 16.4. The molecule has 0 saturated carbocycles. The molecule has 1 heterocycles. The van der Waals surface area contributed by atoms with E-state index in [2.05, 4.69) is 11.1 Å². The standard InChI is InChI=1S/C14H11N3O2/c1-17(11-4-2-3-10(7-11)8-15)13-9-16-6-5-12(13)14(18)19/h2-7,9H,1H3,(H,18,19). The van der Waals surface area contributed by atoms with Crippen LogP contribution in [0.5, 0.6) is 0 Å². The third kappa shape index (κ3) is 2.53. The summed E-state index contributed by atoms with van der Waals surface area (Å²) in [5, 5.41) is 18.0. The molecule has 0 bridgehead atoms. The van der Waals surface area contributed by atoms with E-state index in [1.54, 1.807) is 36.2 Å². The molecule has 2 rings (SSSR count). The number of carbonyl (C=O) groups is 1. The lowest BCUT2D eigenvalue weighted by atomic mass is 10.1. The van der Waals surface area contributed by atoms with Crippen molar-refractivity contribution in [2.24, 2.45) is 0 Å². The Labute approximate surface area is 110 Å². The van der Waals surface area contributed by atoms with Gasteiger partial charge in [0.25, 0.3) is 0 Å². The lowest BCUT2D eigenvalue weighted by Crippen LogP contribution is -2.14. The van der Waals surface area contributed by atoms with Gasteiger partial charge in [0.15, 0.2) is 0 Å². The number of carboxylic acid groups (broad SMARTS) is 1. The van der Waals surface area contributed by atoms with E-state index in [1.807, 2.05) is 0 Å². The first-order valence-electron chi connectivity index (χ1n) is 5.54. The predicted octanol–water partition coefficient (Wildman–Crippen LogP) is 2.42. The number of pyridine rings is 1. The molecule has 0 radical (unpaired) electrons. The van der Waals surface area contributed by atoms with Crippen LogP contribution in [0.2, 0.25) is 0 Å². The van der Waals surface area contributed by atoms with Gasteiger partial charge in [-0.25, -0.2) is 4.79 Å². The largest absolute Gasteiger partial charge is 0.478 e. The maximum atomic E-state index is 11.2. The molecule has 0 unspecified atom stereocenters. The van der Waals surface area contributed by atoms with Crippen LogP contribution in [0.3, 0.4) is 0 Å². The summed E-state index contributed by atoms with van der Waals surface area (Å²) < 4.78 is 0. The topological polar surface area (TPSA) is 77.2 Å². The van der Waals surface area contributed by atoms with E-state index in [0.717, 1.165) is 5.69 Å². The van der Waals surface area contributed by atoms with Crippen molar-refractivity contribution in [2.75, 3.05) is 11.9 Å².